The van der Waals surface area contributed by atoms with E-state index in [-0.39, 0.29) is 0 Å². The molecule has 0 radical (unpaired) electrons. The van der Waals surface area contributed by atoms with Crippen molar-refractivity contribution in [3.8, 4) is 11.1 Å². The molecule has 1 unspecified atom stereocenters. The Morgan fingerprint density at radius 2 is 1.74 bits per heavy atom. The minimum atomic E-state index is -2.47. The van der Waals surface area contributed by atoms with Gasteiger partial charge in [-0.1, -0.05) is 0 Å². The topological polar surface area (TPSA) is 0 Å². The Balaban J connectivity index is 2.05. The van der Waals surface area contributed by atoms with Crippen molar-refractivity contribution < 1.29 is 19.4 Å². The van der Waals surface area contributed by atoms with Gasteiger partial charge in [0.25, 0.3) is 0 Å². The molecule has 0 aliphatic heterocycles. The Hall–Kier alpha value is -0.357. The molecule has 3 rings (SSSR count). The van der Waals surface area contributed by atoms with Crippen molar-refractivity contribution in [2.45, 2.75) is 62.4 Å². The Labute approximate surface area is 179 Å². The van der Waals surface area contributed by atoms with Crippen molar-refractivity contribution in [3.05, 3.63) is 64.7 Å². The molecular weight excluding hydrogens is 450 g/mol. The molecule has 0 nitrogen and oxygen atoms in total. The summed E-state index contributed by atoms with van der Waals surface area (Å²) in [5.41, 5.74) is 8.25. The van der Waals surface area contributed by atoms with Crippen molar-refractivity contribution in [2.24, 2.45) is 0 Å². The quantitative estimate of drug-likeness (QED) is 0.332. The zero-order valence-electron chi connectivity index (χ0n) is 16.6. The normalized spacial score (nSPS) is 15.8. The number of halogens is 2. The Morgan fingerprint density at radius 3 is 2.37 bits per heavy atom. The molecule has 0 fully saturated rings. The van der Waals surface area contributed by atoms with Gasteiger partial charge < -0.3 is 0 Å². The van der Waals surface area contributed by atoms with E-state index in [2.05, 4.69) is 69.3 Å². The van der Waals surface area contributed by atoms with Crippen LogP contribution in [-0.2, 0) is 19.4 Å². The van der Waals surface area contributed by atoms with E-state index < -0.39 is 19.4 Å². The first kappa shape index (κ1) is 21.4. The number of hydrogen-bond donors (Lipinski definition) is 0. The maximum atomic E-state index is 6.70. The van der Waals surface area contributed by atoms with Gasteiger partial charge in [0.2, 0.25) is 0 Å². The monoisotopic (exact) mass is 477 g/mol. The molecule has 0 heterocycles. The van der Waals surface area contributed by atoms with Crippen LogP contribution in [0, 0.1) is 0 Å². The Kier molecular flexibility index (Phi) is 7.84. The predicted octanol–water partition coefficient (Wildman–Crippen LogP) is 8.81. The summed E-state index contributed by atoms with van der Waals surface area (Å²) in [4.78, 5) is 0. The standard InChI is InChI=1S/C24H29.2ClH.Zr/c1-4-5-6-8-11-19-14-22-16-21(18(2)3)17-24(23(22)15-19)20-12-9-7-10-13-20;;;/h7,9-10,12-18H,4-6,8,11H2,1-3H3;2*1H;/q;;;+2/p-2. The SMILES string of the molecule is CCCCCCC1=Cc2c(-c3ccccc3)cc(C(C)C)cc2[CH]1[Zr]([Cl])[Cl]. The van der Waals surface area contributed by atoms with Crippen molar-refractivity contribution in [3.63, 3.8) is 0 Å². The summed E-state index contributed by atoms with van der Waals surface area (Å²) in [5, 5.41) is 0. The average Bonchev–Trinajstić information content (AvgIpc) is 3.03. The van der Waals surface area contributed by atoms with Gasteiger partial charge in [-0.05, 0) is 0 Å². The first-order valence-corrected chi connectivity index (χ1v) is 17.9. The summed E-state index contributed by atoms with van der Waals surface area (Å²) in [6, 6.07) is 15.5. The van der Waals surface area contributed by atoms with Crippen LogP contribution in [0.4, 0.5) is 0 Å². The van der Waals surface area contributed by atoms with Gasteiger partial charge in [0.1, 0.15) is 0 Å². The average molecular weight is 480 g/mol. The molecule has 3 heteroatoms. The van der Waals surface area contributed by atoms with Crippen LogP contribution in [-0.4, -0.2) is 0 Å². The molecule has 2 aromatic rings. The van der Waals surface area contributed by atoms with Crippen LogP contribution < -0.4 is 0 Å². The molecule has 1 aliphatic rings. The van der Waals surface area contributed by atoms with Gasteiger partial charge >= 0.3 is 181 Å². The van der Waals surface area contributed by atoms with Crippen LogP contribution in [0.15, 0.2) is 48.0 Å². The molecule has 0 saturated heterocycles. The molecule has 0 spiro atoms. The van der Waals surface area contributed by atoms with E-state index in [0.29, 0.717) is 9.54 Å². The molecule has 2 aromatic carbocycles. The molecule has 0 bridgehead atoms. The van der Waals surface area contributed by atoms with Crippen molar-refractivity contribution in [1.29, 1.82) is 0 Å². The van der Waals surface area contributed by atoms with Crippen molar-refractivity contribution >= 4 is 23.1 Å². The van der Waals surface area contributed by atoms with Crippen LogP contribution in [0.25, 0.3) is 17.2 Å². The summed E-state index contributed by atoms with van der Waals surface area (Å²) in [6.45, 7) is 6.79. The first-order chi connectivity index (χ1) is 13.0. The number of hydrogen-bond acceptors (Lipinski definition) is 0. The molecule has 0 N–H and O–H groups in total. The number of allylic oxidation sites excluding steroid dienone is 1. The Bertz CT molecular complexity index is 794. The predicted molar refractivity (Wildman–Crippen MR) is 117 cm³/mol. The van der Waals surface area contributed by atoms with Gasteiger partial charge in [-0.2, -0.15) is 0 Å². The summed E-state index contributed by atoms with van der Waals surface area (Å²) in [7, 11) is 13.4. The van der Waals surface area contributed by atoms with E-state index in [4.69, 9.17) is 17.0 Å². The molecule has 0 saturated carbocycles. The fraction of sp³-hybridized carbons (Fsp3) is 0.417. The van der Waals surface area contributed by atoms with E-state index in [1.165, 1.54) is 59.1 Å². The molecular formula is C24H29Cl2Zr. The van der Waals surface area contributed by atoms with Crippen LogP contribution in [0.3, 0.4) is 0 Å². The molecule has 1 aliphatic carbocycles. The number of unbranched alkanes of at least 4 members (excludes halogenated alkanes) is 3. The number of rotatable bonds is 8. The van der Waals surface area contributed by atoms with E-state index in [9.17, 15) is 0 Å². The van der Waals surface area contributed by atoms with Crippen LogP contribution in [0.1, 0.15) is 79.1 Å². The fourth-order valence-corrected chi connectivity index (χ4v) is 9.45. The zero-order valence-corrected chi connectivity index (χ0v) is 20.5. The van der Waals surface area contributed by atoms with E-state index >= 15 is 0 Å². The molecule has 0 amide bonds. The van der Waals surface area contributed by atoms with Gasteiger partial charge in [0.15, 0.2) is 0 Å². The maximum absolute atomic E-state index is 6.70. The van der Waals surface area contributed by atoms with Crippen molar-refractivity contribution in [2.75, 3.05) is 0 Å². The molecule has 1 atom stereocenters. The van der Waals surface area contributed by atoms with Crippen LogP contribution in [0.2, 0.25) is 0 Å². The number of benzene rings is 2. The van der Waals surface area contributed by atoms with Gasteiger partial charge in [0.05, 0.1) is 0 Å². The summed E-state index contributed by atoms with van der Waals surface area (Å²) in [5.74, 6) is 0.490. The van der Waals surface area contributed by atoms with Gasteiger partial charge in [-0.25, -0.2) is 0 Å². The minimum absolute atomic E-state index is 0.313. The fourth-order valence-electron chi connectivity index (χ4n) is 3.99. The summed E-state index contributed by atoms with van der Waals surface area (Å²) >= 11 is -2.47. The molecule has 0 aromatic heterocycles. The summed E-state index contributed by atoms with van der Waals surface area (Å²) in [6.07, 6.45) is 8.67. The third-order valence-electron chi connectivity index (χ3n) is 5.53. The van der Waals surface area contributed by atoms with E-state index in [1.807, 2.05) is 0 Å². The summed E-state index contributed by atoms with van der Waals surface area (Å²) < 4.78 is 0.313. The van der Waals surface area contributed by atoms with E-state index in [0.717, 1.165) is 6.42 Å². The van der Waals surface area contributed by atoms with Gasteiger partial charge in [0, 0.05) is 0 Å². The second kappa shape index (κ2) is 9.91. The third kappa shape index (κ3) is 4.98. The van der Waals surface area contributed by atoms with E-state index in [1.54, 1.807) is 0 Å². The van der Waals surface area contributed by atoms with Crippen molar-refractivity contribution in [1.82, 2.24) is 0 Å². The van der Waals surface area contributed by atoms with Gasteiger partial charge in [-0.3, -0.25) is 0 Å². The number of fused-ring (bicyclic) bond motifs is 1. The van der Waals surface area contributed by atoms with Gasteiger partial charge in [-0.15, -0.1) is 0 Å². The molecule has 27 heavy (non-hydrogen) atoms. The first-order valence-electron chi connectivity index (χ1n) is 10.1. The zero-order chi connectivity index (χ0) is 19.4. The van der Waals surface area contributed by atoms with Crippen LogP contribution in [0.5, 0.6) is 0 Å². The second-order valence-corrected chi connectivity index (χ2v) is 16.7. The molecule has 143 valence electrons. The second-order valence-electron chi connectivity index (χ2n) is 7.84. The Morgan fingerprint density at radius 1 is 1.00 bits per heavy atom. The van der Waals surface area contributed by atoms with Crippen LogP contribution >= 0.6 is 17.0 Å². The third-order valence-corrected chi connectivity index (χ3v) is 10.9.